The highest BCUT2D eigenvalue weighted by Crippen LogP contribution is 2.34. The fourth-order valence-corrected chi connectivity index (χ4v) is 2.75. The zero-order valence-corrected chi connectivity index (χ0v) is 14.0. The minimum Gasteiger partial charge on any atom is -0.378 e. The first-order valence-electron chi connectivity index (χ1n) is 9.31. The average molecular weight is 282 g/mol. The SMILES string of the molecule is CCC[CH]C(CCCC1CC1)OCCCCCCCC. The summed E-state index contributed by atoms with van der Waals surface area (Å²) >= 11 is 0. The van der Waals surface area contributed by atoms with E-state index in [0.717, 1.165) is 12.5 Å². The lowest BCUT2D eigenvalue weighted by molar-refractivity contribution is 0.0618. The summed E-state index contributed by atoms with van der Waals surface area (Å²) in [6.07, 6.45) is 20.5. The van der Waals surface area contributed by atoms with E-state index < -0.39 is 0 Å². The number of ether oxygens (including phenoxy) is 1. The molecule has 0 aromatic rings. The molecule has 1 fully saturated rings. The molecule has 0 amide bonds. The quantitative estimate of drug-likeness (QED) is 0.319. The Bertz CT molecular complexity index is 198. The molecule has 0 aromatic heterocycles. The molecule has 1 unspecified atom stereocenters. The van der Waals surface area contributed by atoms with Crippen molar-refractivity contribution in [2.75, 3.05) is 6.61 Å². The van der Waals surface area contributed by atoms with E-state index in [1.807, 2.05) is 0 Å². The van der Waals surface area contributed by atoms with Gasteiger partial charge in [-0.25, -0.2) is 0 Å². The lowest BCUT2D eigenvalue weighted by Crippen LogP contribution is -2.14. The van der Waals surface area contributed by atoms with Crippen LogP contribution in [0.1, 0.15) is 97.3 Å². The fraction of sp³-hybridized carbons (Fsp3) is 0.947. The van der Waals surface area contributed by atoms with E-state index >= 15 is 0 Å². The van der Waals surface area contributed by atoms with Gasteiger partial charge in [0.15, 0.2) is 0 Å². The largest absolute Gasteiger partial charge is 0.378 e. The van der Waals surface area contributed by atoms with Crippen molar-refractivity contribution in [2.24, 2.45) is 5.92 Å². The van der Waals surface area contributed by atoms with Crippen LogP contribution in [0.5, 0.6) is 0 Å². The van der Waals surface area contributed by atoms with Crippen LogP contribution in [0.3, 0.4) is 0 Å². The Morgan fingerprint density at radius 3 is 2.40 bits per heavy atom. The molecular weight excluding hydrogens is 244 g/mol. The van der Waals surface area contributed by atoms with Crippen molar-refractivity contribution >= 4 is 0 Å². The second-order valence-corrected chi connectivity index (χ2v) is 6.58. The van der Waals surface area contributed by atoms with E-state index in [0.29, 0.717) is 6.10 Å². The first-order chi connectivity index (χ1) is 9.86. The molecule has 119 valence electrons. The van der Waals surface area contributed by atoms with E-state index in [2.05, 4.69) is 20.3 Å². The Morgan fingerprint density at radius 2 is 1.70 bits per heavy atom. The third-order valence-electron chi connectivity index (χ3n) is 4.35. The van der Waals surface area contributed by atoms with Crippen LogP contribution >= 0.6 is 0 Å². The molecule has 0 aliphatic heterocycles. The van der Waals surface area contributed by atoms with Crippen molar-refractivity contribution in [1.29, 1.82) is 0 Å². The van der Waals surface area contributed by atoms with Crippen LogP contribution in [0.4, 0.5) is 0 Å². The summed E-state index contributed by atoms with van der Waals surface area (Å²) in [6.45, 7) is 5.50. The molecule has 1 radical (unpaired) electrons. The zero-order valence-electron chi connectivity index (χ0n) is 14.0. The standard InChI is InChI=1S/C19H37O/c1-3-5-7-8-9-10-17-20-19(13-6-4-2)14-11-12-18-15-16-18/h13,18-19H,3-12,14-17H2,1-2H3. The highest BCUT2D eigenvalue weighted by molar-refractivity contribution is 4.79. The topological polar surface area (TPSA) is 9.23 Å². The van der Waals surface area contributed by atoms with E-state index in [1.165, 1.54) is 83.5 Å². The molecule has 1 aliphatic carbocycles. The Labute approximate surface area is 127 Å². The normalized spacial score (nSPS) is 16.5. The van der Waals surface area contributed by atoms with Crippen LogP contribution in [0, 0.1) is 12.3 Å². The van der Waals surface area contributed by atoms with Crippen LogP contribution in [0.25, 0.3) is 0 Å². The molecule has 0 bridgehead atoms. The van der Waals surface area contributed by atoms with Crippen molar-refractivity contribution in [2.45, 2.75) is 103 Å². The number of rotatable bonds is 15. The zero-order chi connectivity index (χ0) is 14.5. The fourth-order valence-electron chi connectivity index (χ4n) is 2.75. The maximum absolute atomic E-state index is 6.10. The predicted molar refractivity (Wildman–Crippen MR) is 88.9 cm³/mol. The molecule has 0 spiro atoms. The molecular formula is C19H37O. The summed E-state index contributed by atoms with van der Waals surface area (Å²) < 4.78 is 6.10. The summed E-state index contributed by atoms with van der Waals surface area (Å²) in [6, 6.07) is 0. The number of hydrogen-bond donors (Lipinski definition) is 0. The van der Waals surface area contributed by atoms with Crippen molar-refractivity contribution in [1.82, 2.24) is 0 Å². The number of hydrogen-bond acceptors (Lipinski definition) is 1. The Morgan fingerprint density at radius 1 is 0.950 bits per heavy atom. The summed E-state index contributed by atoms with van der Waals surface area (Å²) in [5, 5.41) is 0. The van der Waals surface area contributed by atoms with Crippen molar-refractivity contribution in [3.05, 3.63) is 6.42 Å². The summed E-state index contributed by atoms with van der Waals surface area (Å²) in [5.74, 6) is 1.07. The molecule has 0 saturated heterocycles. The molecule has 1 saturated carbocycles. The smallest absolute Gasteiger partial charge is 0.0606 e. The van der Waals surface area contributed by atoms with Gasteiger partial charge in [-0.15, -0.1) is 0 Å². The molecule has 1 atom stereocenters. The van der Waals surface area contributed by atoms with E-state index in [4.69, 9.17) is 4.74 Å². The van der Waals surface area contributed by atoms with Gasteiger partial charge in [-0.2, -0.15) is 0 Å². The second kappa shape index (κ2) is 12.7. The van der Waals surface area contributed by atoms with Gasteiger partial charge in [-0.3, -0.25) is 0 Å². The summed E-state index contributed by atoms with van der Waals surface area (Å²) in [7, 11) is 0. The van der Waals surface area contributed by atoms with Gasteiger partial charge in [0, 0.05) is 6.61 Å². The second-order valence-electron chi connectivity index (χ2n) is 6.58. The van der Waals surface area contributed by atoms with Gasteiger partial charge in [0.2, 0.25) is 0 Å². The van der Waals surface area contributed by atoms with Gasteiger partial charge in [-0.05, 0) is 31.6 Å². The van der Waals surface area contributed by atoms with Gasteiger partial charge in [0.05, 0.1) is 6.10 Å². The van der Waals surface area contributed by atoms with Crippen LogP contribution in [0.15, 0.2) is 0 Å². The Kier molecular flexibility index (Phi) is 11.4. The first kappa shape index (κ1) is 18.0. The third kappa shape index (κ3) is 10.7. The van der Waals surface area contributed by atoms with Crippen molar-refractivity contribution in [3.8, 4) is 0 Å². The summed E-state index contributed by atoms with van der Waals surface area (Å²) in [5.41, 5.74) is 0. The predicted octanol–water partition coefficient (Wildman–Crippen LogP) is 6.32. The highest BCUT2D eigenvalue weighted by atomic mass is 16.5. The maximum atomic E-state index is 6.10. The monoisotopic (exact) mass is 281 g/mol. The van der Waals surface area contributed by atoms with Crippen molar-refractivity contribution < 1.29 is 4.74 Å². The van der Waals surface area contributed by atoms with Gasteiger partial charge < -0.3 is 4.74 Å². The van der Waals surface area contributed by atoms with Crippen LogP contribution in [0.2, 0.25) is 0 Å². The molecule has 1 rings (SSSR count). The molecule has 1 heteroatoms. The third-order valence-corrected chi connectivity index (χ3v) is 4.35. The van der Waals surface area contributed by atoms with E-state index in [9.17, 15) is 0 Å². The Balaban J connectivity index is 1.96. The van der Waals surface area contributed by atoms with Crippen molar-refractivity contribution in [3.63, 3.8) is 0 Å². The average Bonchev–Trinajstić information content (AvgIpc) is 3.27. The van der Waals surface area contributed by atoms with Crippen LogP contribution in [-0.2, 0) is 4.74 Å². The van der Waals surface area contributed by atoms with Crippen LogP contribution in [-0.4, -0.2) is 12.7 Å². The molecule has 0 N–H and O–H groups in total. The summed E-state index contributed by atoms with van der Waals surface area (Å²) in [4.78, 5) is 0. The molecule has 20 heavy (non-hydrogen) atoms. The maximum Gasteiger partial charge on any atom is 0.0606 e. The minimum absolute atomic E-state index is 0.435. The molecule has 0 heterocycles. The van der Waals surface area contributed by atoms with Gasteiger partial charge in [0.25, 0.3) is 0 Å². The Hall–Kier alpha value is -0.0400. The minimum atomic E-state index is 0.435. The van der Waals surface area contributed by atoms with Gasteiger partial charge in [-0.1, -0.05) is 78.1 Å². The first-order valence-corrected chi connectivity index (χ1v) is 9.31. The number of unbranched alkanes of at least 4 members (excludes halogenated alkanes) is 6. The lowest BCUT2D eigenvalue weighted by Gasteiger charge is -2.17. The van der Waals surface area contributed by atoms with E-state index in [1.54, 1.807) is 0 Å². The van der Waals surface area contributed by atoms with E-state index in [-0.39, 0.29) is 0 Å². The van der Waals surface area contributed by atoms with Gasteiger partial charge >= 0.3 is 0 Å². The molecule has 1 nitrogen and oxygen atoms in total. The van der Waals surface area contributed by atoms with Crippen LogP contribution < -0.4 is 0 Å². The lowest BCUT2D eigenvalue weighted by atomic mass is 10.0. The molecule has 0 aromatic carbocycles. The highest BCUT2D eigenvalue weighted by Gasteiger charge is 2.21. The van der Waals surface area contributed by atoms with Gasteiger partial charge in [0.1, 0.15) is 0 Å². The molecule has 1 aliphatic rings.